The lowest BCUT2D eigenvalue weighted by Crippen LogP contribution is -2.45. The number of rotatable bonds is 3. The molecule has 1 saturated heterocycles. The van der Waals surface area contributed by atoms with Gasteiger partial charge < -0.3 is 5.32 Å². The minimum Gasteiger partial charge on any atom is -0.324 e. The number of carbonyl (C=O) groups is 3. The van der Waals surface area contributed by atoms with E-state index in [1.165, 1.54) is 0 Å². The maximum Gasteiger partial charge on any atom is 0.247 e. The summed E-state index contributed by atoms with van der Waals surface area (Å²) in [6.45, 7) is 1.56. The maximum absolute atomic E-state index is 12.4. The fraction of sp³-hybridized carbons (Fsp3) is 0.250. The van der Waals surface area contributed by atoms with Gasteiger partial charge in [0.25, 0.3) is 0 Å². The minimum atomic E-state index is -0.825. The van der Waals surface area contributed by atoms with E-state index in [2.05, 4.69) is 10.3 Å². The van der Waals surface area contributed by atoms with Crippen LogP contribution in [0.4, 0.5) is 5.69 Å². The van der Waals surface area contributed by atoms with E-state index in [1.807, 2.05) is 12.1 Å². The fourth-order valence-corrected chi connectivity index (χ4v) is 2.59. The average Bonchev–Trinajstić information content (AvgIpc) is 2.86. The highest BCUT2D eigenvalue weighted by Gasteiger charge is 2.36. The van der Waals surface area contributed by atoms with E-state index in [9.17, 15) is 14.4 Å². The van der Waals surface area contributed by atoms with Crippen LogP contribution in [0.1, 0.15) is 19.8 Å². The predicted molar refractivity (Wildman–Crippen MR) is 80.9 cm³/mol. The van der Waals surface area contributed by atoms with Crippen LogP contribution in [0.3, 0.4) is 0 Å². The SMILES string of the molecule is CC(C(=O)Nc1cccc2ncccc12)N1C(=O)CCC1=O. The van der Waals surface area contributed by atoms with E-state index in [-0.39, 0.29) is 30.6 Å². The van der Waals surface area contributed by atoms with E-state index in [0.29, 0.717) is 5.69 Å². The average molecular weight is 297 g/mol. The van der Waals surface area contributed by atoms with Crippen LogP contribution in [-0.2, 0) is 14.4 Å². The number of amides is 3. The Morgan fingerprint density at radius 1 is 1.18 bits per heavy atom. The van der Waals surface area contributed by atoms with Crippen LogP contribution in [0.15, 0.2) is 36.5 Å². The van der Waals surface area contributed by atoms with Gasteiger partial charge in [0.15, 0.2) is 0 Å². The highest BCUT2D eigenvalue weighted by atomic mass is 16.2. The van der Waals surface area contributed by atoms with Gasteiger partial charge in [-0.05, 0) is 31.2 Å². The normalized spacial score (nSPS) is 16.1. The van der Waals surface area contributed by atoms with E-state index in [1.54, 1.807) is 31.3 Å². The summed E-state index contributed by atoms with van der Waals surface area (Å²) in [6, 6.07) is 8.23. The van der Waals surface area contributed by atoms with Gasteiger partial charge in [-0.3, -0.25) is 24.3 Å². The molecule has 1 aliphatic heterocycles. The van der Waals surface area contributed by atoms with Gasteiger partial charge in [0, 0.05) is 24.4 Å². The Bertz CT molecular complexity index is 751. The van der Waals surface area contributed by atoms with Crippen molar-refractivity contribution in [3.8, 4) is 0 Å². The van der Waals surface area contributed by atoms with E-state index in [4.69, 9.17) is 0 Å². The van der Waals surface area contributed by atoms with Gasteiger partial charge in [-0.15, -0.1) is 0 Å². The lowest BCUT2D eigenvalue weighted by atomic mass is 10.1. The summed E-state index contributed by atoms with van der Waals surface area (Å²) < 4.78 is 0. The quantitative estimate of drug-likeness (QED) is 0.875. The van der Waals surface area contributed by atoms with Crippen LogP contribution in [0.25, 0.3) is 10.9 Å². The molecule has 22 heavy (non-hydrogen) atoms. The molecule has 3 amide bonds. The van der Waals surface area contributed by atoms with Crippen molar-refractivity contribution in [1.29, 1.82) is 0 Å². The Morgan fingerprint density at radius 2 is 1.91 bits per heavy atom. The molecule has 0 aliphatic carbocycles. The molecule has 1 N–H and O–H groups in total. The van der Waals surface area contributed by atoms with Crippen molar-refractivity contribution in [1.82, 2.24) is 9.88 Å². The van der Waals surface area contributed by atoms with Crippen molar-refractivity contribution >= 4 is 34.3 Å². The summed E-state index contributed by atoms with van der Waals surface area (Å²) in [5.41, 5.74) is 1.38. The van der Waals surface area contributed by atoms with Crippen LogP contribution >= 0.6 is 0 Å². The molecule has 1 aliphatic rings. The molecule has 0 radical (unpaired) electrons. The highest BCUT2D eigenvalue weighted by Crippen LogP contribution is 2.22. The smallest absolute Gasteiger partial charge is 0.247 e. The third-order valence-corrected chi connectivity index (χ3v) is 3.76. The van der Waals surface area contributed by atoms with Gasteiger partial charge in [-0.2, -0.15) is 0 Å². The molecular weight excluding hydrogens is 282 g/mol. The van der Waals surface area contributed by atoms with Crippen LogP contribution in [0.2, 0.25) is 0 Å². The second kappa shape index (κ2) is 5.55. The van der Waals surface area contributed by atoms with Gasteiger partial charge in [-0.25, -0.2) is 0 Å². The Morgan fingerprint density at radius 3 is 2.64 bits per heavy atom. The van der Waals surface area contributed by atoms with Gasteiger partial charge in [0.1, 0.15) is 6.04 Å². The zero-order chi connectivity index (χ0) is 15.7. The minimum absolute atomic E-state index is 0.175. The standard InChI is InChI=1S/C16H15N3O3/c1-10(19-14(20)7-8-15(19)21)16(22)18-13-6-2-5-12-11(13)4-3-9-17-12/h2-6,9-10H,7-8H2,1H3,(H,18,22). The maximum atomic E-state index is 12.4. The number of aromatic nitrogens is 1. The number of carbonyl (C=O) groups excluding carboxylic acids is 3. The number of hydrogen-bond donors (Lipinski definition) is 1. The van der Waals surface area contributed by atoms with Crippen molar-refractivity contribution in [2.45, 2.75) is 25.8 Å². The first-order chi connectivity index (χ1) is 10.6. The Hall–Kier alpha value is -2.76. The molecule has 1 unspecified atom stereocenters. The van der Waals surface area contributed by atoms with Crippen LogP contribution in [0, 0.1) is 0 Å². The van der Waals surface area contributed by atoms with Crippen molar-refractivity contribution in [2.75, 3.05) is 5.32 Å². The molecule has 0 saturated carbocycles. The number of imide groups is 1. The van der Waals surface area contributed by atoms with Crippen molar-refractivity contribution in [3.63, 3.8) is 0 Å². The molecule has 6 nitrogen and oxygen atoms in total. The van der Waals surface area contributed by atoms with Gasteiger partial charge in [0.05, 0.1) is 11.2 Å². The summed E-state index contributed by atoms with van der Waals surface area (Å²) in [5, 5.41) is 3.59. The number of hydrogen-bond acceptors (Lipinski definition) is 4. The number of benzene rings is 1. The zero-order valence-corrected chi connectivity index (χ0v) is 12.1. The monoisotopic (exact) mass is 297 g/mol. The summed E-state index contributed by atoms with van der Waals surface area (Å²) >= 11 is 0. The number of anilines is 1. The molecule has 0 bridgehead atoms. The lowest BCUT2D eigenvalue weighted by molar-refractivity contribution is -0.144. The van der Waals surface area contributed by atoms with Gasteiger partial charge in [0.2, 0.25) is 17.7 Å². The summed E-state index contributed by atoms with van der Waals surface area (Å²) in [5.74, 6) is -0.987. The van der Waals surface area contributed by atoms with Crippen LogP contribution in [0.5, 0.6) is 0 Å². The Kier molecular flexibility index (Phi) is 3.58. The molecule has 3 rings (SSSR count). The first kappa shape index (κ1) is 14.2. The van der Waals surface area contributed by atoms with E-state index < -0.39 is 6.04 Å². The lowest BCUT2D eigenvalue weighted by Gasteiger charge is -2.22. The van der Waals surface area contributed by atoms with E-state index >= 15 is 0 Å². The largest absolute Gasteiger partial charge is 0.324 e. The van der Waals surface area contributed by atoms with Crippen LogP contribution in [-0.4, -0.2) is 33.6 Å². The molecule has 6 heteroatoms. The van der Waals surface area contributed by atoms with Crippen LogP contribution < -0.4 is 5.32 Å². The van der Waals surface area contributed by atoms with Crippen molar-refractivity contribution < 1.29 is 14.4 Å². The van der Waals surface area contributed by atoms with Crippen molar-refractivity contribution in [3.05, 3.63) is 36.5 Å². The number of fused-ring (bicyclic) bond motifs is 1. The fourth-order valence-electron chi connectivity index (χ4n) is 2.59. The molecule has 1 aromatic heterocycles. The Balaban J connectivity index is 1.84. The Labute approximate surface area is 127 Å². The predicted octanol–water partition coefficient (Wildman–Crippen LogP) is 1.71. The third-order valence-electron chi connectivity index (χ3n) is 3.76. The molecule has 0 spiro atoms. The van der Waals surface area contributed by atoms with Gasteiger partial charge >= 0.3 is 0 Å². The number of nitrogens with one attached hydrogen (secondary N) is 1. The number of pyridine rings is 1. The topological polar surface area (TPSA) is 79.4 Å². The van der Waals surface area contributed by atoms with Crippen molar-refractivity contribution in [2.24, 2.45) is 0 Å². The van der Waals surface area contributed by atoms with Gasteiger partial charge in [-0.1, -0.05) is 6.07 Å². The summed E-state index contributed by atoms with van der Waals surface area (Å²) in [6.07, 6.45) is 2.03. The molecule has 112 valence electrons. The zero-order valence-electron chi connectivity index (χ0n) is 12.1. The first-order valence-electron chi connectivity index (χ1n) is 7.07. The molecular formula is C16H15N3O3. The first-order valence-corrected chi connectivity index (χ1v) is 7.07. The number of nitrogens with zero attached hydrogens (tertiary/aromatic N) is 2. The molecule has 1 atom stereocenters. The molecule has 1 fully saturated rings. The summed E-state index contributed by atoms with van der Waals surface area (Å²) in [7, 11) is 0. The third kappa shape index (κ3) is 2.43. The molecule has 1 aromatic carbocycles. The number of likely N-dealkylation sites (tertiary alicyclic amines) is 1. The second-order valence-corrected chi connectivity index (χ2v) is 5.20. The molecule has 2 heterocycles. The summed E-state index contributed by atoms with van der Waals surface area (Å²) in [4.78, 5) is 41.0. The second-order valence-electron chi connectivity index (χ2n) is 5.20. The highest BCUT2D eigenvalue weighted by molar-refractivity contribution is 6.09. The van der Waals surface area contributed by atoms with E-state index in [0.717, 1.165) is 15.8 Å². The molecule has 2 aromatic rings.